The number of rotatable bonds is 6. The number of ether oxygens (including phenoxy) is 1. The van der Waals surface area contributed by atoms with Gasteiger partial charge in [0.1, 0.15) is 0 Å². The number of carbonyl (C=O) groups excluding carboxylic acids is 2. The van der Waals surface area contributed by atoms with E-state index < -0.39 is 0 Å². The zero-order valence-electron chi connectivity index (χ0n) is 15.5. The Morgan fingerprint density at radius 3 is 2.77 bits per heavy atom. The molecule has 6 nitrogen and oxygen atoms in total. The van der Waals surface area contributed by atoms with Gasteiger partial charge in [0.15, 0.2) is 0 Å². The average Bonchev–Trinajstić information content (AvgIpc) is 3.22. The molecule has 0 radical (unpaired) electrons. The first-order chi connectivity index (χ1) is 12.7. The Hall–Kier alpha value is -1.44. The highest BCUT2D eigenvalue weighted by atomic mass is 32.1. The maximum Gasteiger partial charge on any atom is 0.254 e. The molecule has 0 bridgehead atoms. The normalized spacial score (nSPS) is 22.3. The first-order valence-electron chi connectivity index (χ1n) is 9.51. The summed E-state index contributed by atoms with van der Waals surface area (Å²) in [5, 5.41) is 6.84. The minimum Gasteiger partial charge on any atom is -0.383 e. The van der Waals surface area contributed by atoms with E-state index in [0.717, 1.165) is 57.4 Å². The zero-order valence-corrected chi connectivity index (χ0v) is 16.3. The van der Waals surface area contributed by atoms with E-state index in [9.17, 15) is 9.59 Å². The third-order valence-corrected chi connectivity index (χ3v) is 6.15. The maximum absolute atomic E-state index is 12.5. The molecule has 144 valence electrons. The van der Waals surface area contributed by atoms with Crippen molar-refractivity contribution >= 4 is 23.2 Å². The van der Waals surface area contributed by atoms with Crippen molar-refractivity contribution in [2.45, 2.75) is 31.7 Å². The predicted molar refractivity (Wildman–Crippen MR) is 102 cm³/mol. The van der Waals surface area contributed by atoms with Gasteiger partial charge in [-0.2, -0.15) is 11.3 Å². The van der Waals surface area contributed by atoms with Crippen molar-refractivity contribution in [2.24, 2.45) is 5.92 Å². The van der Waals surface area contributed by atoms with Crippen LogP contribution in [0.3, 0.4) is 0 Å². The summed E-state index contributed by atoms with van der Waals surface area (Å²) in [5.74, 6) is 0.377. The van der Waals surface area contributed by atoms with Gasteiger partial charge in [-0.05, 0) is 43.7 Å². The molecule has 0 aliphatic carbocycles. The maximum atomic E-state index is 12.5. The van der Waals surface area contributed by atoms with Crippen LogP contribution in [-0.4, -0.2) is 74.1 Å². The van der Waals surface area contributed by atoms with Crippen LogP contribution in [0.25, 0.3) is 0 Å². The van der Waals surface area contributed by atoms with E-state index in [1.807, 2.05) is 21.7 Å². The average molecular weight is 380 g/mol. The largest absolute Gasteiger partial charge is 0.383 e. The number of methoxy groups -OCH3 is 1. The van der Waals surface area contributed by atoms with Gasteiger partial charge in [0.05, 0.1) is 18.1 Å². The number of amides is 2. The van der Waals surface area contributed by atoms with Gasteiger partial charge >= 0.3 is 0 Å². The molecule has 1 aromatic heterocycles. The lowest BCUT2D eigenvalue weighted by Crippen LogP contribution is -2.51. The third kappa shape index (κ3) is 4.84. The fraction of sp³-hybridized carbons (Fsp3) is 0.684. The van der Waals surface area contributed by atoms with Crippen molar-refractivity contribution in [3.63, 3.8) is 0 Å². The van der Waals surface area contributed by atoms with Crippen molar-refractivity contribution in [1.29, 1.82) is 0 Å². The lowest BCUT2D eigenvalue weighted by Gasteiger charge is -2.42. The molecule has 0 spiro atoms. The highest BCUT2D eigenvalue weighted by molar-refractivity contribution is 7.08. The Kier molecular flexibility index (Phi) is 7.05. The lowest BCUT2D eigenvalue weighted by atomic mass is 9.93. The van der Waals surface area contributed by atoms with Crippen LogP contribution in [0.1, 0.15) is 36.0 Å². The van der Waals surface area contributed by atoms with E-state index in [4.69, 9.17) is 4.74 Å². The molecule has 1 atom stereocenters. The van der Waals surface area contributed by atoms with Crippen LogP contribution in [0.5, 0.6) is 0 Å². The number of piperidine rings is 2. The summed E-state index contributed by atoms with van der Waals surface area (Å²) in [6, 6.07) is 2.38. The minimum atomic E-state index is 0.0751. The van der Waals surface area contributed by atoms with Gasteiger partial charge in [-0.1, -0.05) is 0 Å². The van der Waals surface area contributed by atoms with Crippen molar-refractivity contribution in [3.05, 3.63) is 22.4 Å². The van der Waals surface area contributed by atoms with E-state index in [1.54, 1.807) is 18.4 Å². The van der Waals surface area contributed by atoms with Crippen LogP contribution in [0.15, 0.2) is 16.8 Å². The van der Waals surface area contributed by atoms with E-state index in [1.165, 1.54) is 0 Å². The second kappa shape index (κ2) is 9.48. The molecular weight excluding hydrogens is 350 g/mol. The Bertz CT molecular complexity index is 585. The Labute approximate surface area is 159 Å². The Balaban J connectivity index is 1.46. The molecule has 1 aromatic rings. The molecule has 26 heavy (non-hydrogen) atoms. The number of likely N-dealkylation sites (tertiary alicyclic amines) is 2. The van der Waals surface area contributed by atoms with Gasteiger partial charge in [-0.15, -0.1) is 0 Å². The predicted octanol–water partition coefficient (Wildman–Crippen LogP) is 1.83. The van der Waals surface area contributed by atoms with Crippen molar-refractivity contribution < 1.29 is 14.3 Å². The van der Waals surface area contributed by atoms with Gasteiger partial charge < -0.3 is 15.0 Å². The van der Waals surface area contributed by atoms with Crippen LogP contribution in [-0.2, 0) is 9.53 Å². The molecule has 0 saturated carbocycles. The standard InChI is InChI=1S/C19H29N3O3S/c1-25-11-7-20-18(23)15-3-2-8-22(13-15)17-4-9-21(10-5-17)19(24)16-6-12-26-14-16/h6,12,14-15,17H,2-5,7-11,13H2,1H3,(H,20,23)/t15-/m0/s1. The van der Waals surface area contributed by atoms with Gasteiger partial charge in [-0.3, -0.25) is 14.5 Å². The molecule has 3 heterocycles. The molecule has 2 aliphatic heterocycles. The summed E-state index contributed by atoms with van der Waals surface area (Å²) in [6.45, 7) is 4.64. The summed E-state index contributed by atoms with van der Waals surface area (Å²) >= 11 is 1.56. The van der Waals surface area contributed by atoms with Gasteiger partial charge in [0.25, 0.3) is 5.91 Å². The van der Waals surface area contributed by atoms with Crippen LogP contribution in [0.4, 0.5) is 0 Å². The fourth-order valence-electron chi connectivity index (χ4n) is 3.98. The SMILES string of the molecule is COCCNC(=O)[C@H]1CCCN(C2CCN(C(=O)c3ccsc3)CC2)C1. The second-order valence-corrected chi connectivity index (χ2v) is 7.93. The van der Waals surface area contributed by atoms with Crippen LogP contribution in [0, 0.1) is 5.92 Å². The van der Waals surface area contributed by atoms with Crippen molar-refractivity contribution in [2.75, 3.05) is 46.4 Å². The number of nitrogens with one attached hydrogen (secondary N) is 1. The van der Waals surface area contributed by atoms with Gasteiger partial charge in [0.2, 0.25) is 5.91 Å². The van der Waals surface area contributed by atoms with Crippen LogP contribution >= 0.6 is 11.3 Å². The second-order valence-electron chi connectivity index (χ2n) is 7.15. The molecule has 2 fully saturated rings. The topological polar surface area (TPSA) is 61.9 Å². The summed E-state index contributed by atoms with van der Waals surface area (Å²) < 4.78 is 5.00. The zero-order chi connectivity index (χ0) is 18.4. The molecule has 7 heteroatoms. The monoisotopic (exact) mass is 379 g/mol. The number of hydrogen-bond donors (Lipinski definition) is 1. The number of hydrogen-bond acceptors (Lipinski definition) is 5. The molecule has 2 amide bonds. The smallest absolute Gasteiger partial charge is 0.254 e. The molecule has 3 rings (SSSR count). The molecule has 2 aliphatic rings. The molecular formula is C19H29N3O3S. The number of thiophene rings is 1. The summed E-state index contributed by atoms with van der Waals surface area (Å²) in [6.07, 6.45) is 4.02. The molecule has 0 aromatic carbocycles. The van der Waals surface area contributed by atoms with Crippen LogP contribution < -0.4 is 5.32 Å². The van der Waals surface area contributed by atoms with Crippen molar-refractivity contribution in [3.8, 4) is 0 Å². The van der Waals surface area contributed by atoms with E-state index >= 15 is 0 Å². The minimum absolute atomic E-state index is 0.0751. The first kappa shape index (κ1) is 19.3. The van der Waals surface area contributed by atoms with Crippen LogP contribution in [0.2, 0.25) is 0 Å². The van der Waals surface area contributed by atoms with Crippen molar-refractivity contribution in [1.82, 2.24) is 15.1 Å². The first-order valence-corrected chi connectivity index (χ1v) is 10.5. The quantitative estimate of drug-likeness (QED) is 0.766. The fourth-order valence-corrected chi connectivity index (χ4v) is 4.61. The highest BCUT2D eigenvalue weighted by Gasteiger charge is 2.32. The van der Waals surface area contributed by atoms with E-state index in [-0.39, 0.29) is 17.7 Å². The number of nitrogens with zero attached hydrogens (tertiary/aromatic N) is 2. The summed E-state index contributed by atoms with van der Waals surface area (Å²) in [5.41, 5.74) is 0.805. The molecule has 0 unspecified atom stereocenters. The van der Waals surface area contributed by atoms with E-state index in [0.29, 0.717) is 19.2 Å². The van der Waals surface area contributed by atoms with E-state index in [2.05, 4.69) is 10.2 Å². The summed E-state index contributed by atoms with van der Waals surface area (Å²) in [7, 11) is 1.64. The molecule has 1 N–H and O–H groups in total. The summed E-state index contributed by atoms with van der Waals surface area (Å²) in [4.78, 5) is 29.2. The third-order valence-electron chi connectivity index (χ3n) is 5.47. The molecule has 2 saturated heterocycles. The highest BCUT2D eigenvalue weighted by Crippen LogP contribution is 2.25. The number of carbonyl (C=O) groups is 2. The lowest BCUT2D eigenvalue weighted by molar-refractivity contribution is -0.127. The van der Waals surface area contributed by atoms with Gasteiger partial charge in [-0.25, -0.2) is 0 Å². The van der Waals surface area contributed by atoms with Gasteiger partial charge in [0, 0.05) is 44.7 Å². The Morgan fingerprint density at radius 1 is 1.27 bits per heavy atom. The Morgan fingerprint density at radius 2 is 2.08 bits per heavy atom.